The number of hydrogen-bond donors (Lipinski definition) is 1. The molecule has 0 spiro atoms. The zero-order valence-corrected chi connectivity index (χ0v) is 15.0. The number of benzene rings is 1. The van der Waals surface area contributed by atoms with Gasteiger partial charge in [-0.2, -0.15) is 0 Å². The van der Waals surface area contributed by atoms with Crippen LogP contribution in [0.4, 0.5) is 0 Å². The summed E-state index contributed by atoms with van der Waals surface area (Å²) in [5.74, 6) is 1.60. The zero-order chi connectivity index (χ0) is 16.8. The van der Waals surface area contributed by atoms with Gasteiger partial charge in [0.1, 0.15) is 18.5 Å². The van der Waals surface area contributed by atoms with E-state index in [-0.39, 0.29) is 0 Å². The van der Waals surface area contributed by atoms with Crippen LogP contribution in [-0.2, 0) is 0 Å². The molecule has 4 nitrogen and oxygen atoms in total. The highest BCUT2D eigenvalue weighted by atomic mass is 16.5. The van der Waals surface area contributed by atoms with E-state index in [1.165, 1.54) is 37.7 Å². The van der Waals surface area contributed by atoms with Crippen LogP contribution in [0.25, 0.3) is 0 Å². The second-order valence-electron chi connectivity index (χ2n) is 7.47. The summed E-state index contributed by atoms with van der Waals surface area (Å²) in [5.41, 5.74) is 1.44. The molecule has 4 heteroatoms. The van der Waals surface area contributed by atoms with Gasteiger partial charge < -0.3 is 14.7 Å². The molecule has 1 N–H and O–H groups in total. The van der Waals surface area contributed by atoms with Crippen molar-refractivity contribution in [1.29, 1.82) is 0 Å². The summed E-state index contributed by atoms with van der Waals surface area (Å²) in [6.07, 6.45) is 6.34. The first-order valence-corrected chi connectivity index (χ1v) is 9.52. The number of piperazine rings is 1. The predicted molar refractivity (Wildman–Crippen MR) is 97.7 cm³/mol. The van der Waals surface area contributed by atoms with Gasteiger partial charge in [0.25, 0.3) is 0 Å². The molecule has 2 aliphatic rings. The highest BCUT2D eigenvalue weighted by Gasteiger charge is 2.18. The summed E-state index contributed by atoms with van der Waals surface area (Å²) >= 11 is 0. The highest BCUT2D eigenvalue weighted by molar-refractivity contribution is 5.29. The molecule has 1 aliphatic carbocycles. The first kappa shape index (κ1) is 17.7. The highest BCUT2D eigenvalue weighted by Crippen LogP contribution is 2.33. The Bertz CT molecular complexity index is 477. The molecule has 24 heavy (non-hydrogen) atoms. The van der Waals surface area contributed by atoms with Crippen LogP contribution in [0.3, 0.4) is 0 Å². The molecular weight excluding hydrogens is 300 g/mol. The molecule has 1 aromatic carbocycles. The van der Waals surface area contributed by atoms with Crippen LogP contribution in [0.2, 0.25) is 0 Å². The van der Waals surface area contributed by atoms with Crippen LogP contribution in [0.15, 0.2) is 24.3 Å². The number of ether oxygens (including phenoxy) is 1. The lowest BCUT2D eigenvalue weighted by Gasteiger charge is -2.33. The summed E-state index contributed by atoms with van der Waals surface area (Å²) in [6, 6.07) is 8.54. The van der Waals surface area contributed by atoms with Gasteiger partial charge in [0.2, 0.25) is 0 Å². The maximum Gasteiger partial charge on any atom is 0.119 e. The van der Waals surface area contributed by atoms with Gasteiger partial charge in [-0.3, -0.25) is 4.90 Å². The van der Waals surface area contributed by atoms with E-state index in [0.29, 0.717) is 13.2 Å². The number of aliphatic hydroxyl groups excluding tert-OH is 1. The van der Waals surface area contributed by atoms with Gasteiger partial charge in [0.05, 0.1) is 0 Å². The fourth-order valence-corrected chi connectivity index (χ4v) is 3.85. The lowest BCUT2D eigenvalue weighted by atomic mass is 9.84. The van der Waals surface area contributed by atoms with E-state index in [9.17, 15) is 5.11 Å². The predicted octanol–water partition coefficient (Wildman–Crippen LogP) is 2.72. The standard InChI is InChI=1S/C20H32N2O2/c1-21-11-13-22(14-12-21)15-19(23)16-24-20-9-7-18(8-10-20)17-5-3-2-4-6-17/h7-10,17,19,23H,2-6,11-16H2,1H3. The Morgan fingerprint density at radius 2 is 1.71 bits per heavy atom. The smallest absolute Gasteiger partial charge is 0.119 e. The minimum atomic E-state index is -0.425. The third-order valence-corrected chi connectivity index (χ3v) is 5.46. The van der Waals surface area contributed by atoms with E-state index in [1.807, 2.05) is 0 Å². The number of rotatable bonds is 6. The lowest BCUT2D eigenvalue weighted by molar-refractivity contribution is 0.0505. The summed E-state index contributed by atoms with van der Waals surface area (Å²) < 4.78 is 5.79. The Labute approximate surface area is 146 Å². The molecule has 1 aromatic rings. The summed E-state index contributed by atoms with van der Waals surface area (Å²) in [4.78, 5) is 4.65. The van der Waals surface area contributed by atoms with Gasteiger partial charge in [-0.15, -0.1) is 0 Å². The van der Waals surface area contributed by atoms with E-state index < -0.39 is 6.10 Å². The number of β-amino-alcohol motifs (C(OH)–C–C–N with tert-alkyl or cyclic N) is 1. The second-order valence-corrected chi connectivity index (χ2v) is 7.47. The van der Waals surface area contributed by atoms with Crippen molar-refractivity contribution in [3.8, 4) is 5.75 Å². The Morgan fingerprint density at radius 3 is 2.38 bits per heavy atom. The SMILES string of the molecule is CN1CCN(CC(O)COc2ccc(C3CCCCC3)cc2)CC1. The number of hydrogen-bond acceptors (Lipinski definition) is 4. The summed E-state index contributed by atoms with van der Waals surface area (Å²) in [7, 11) is 2.15. The van der Waals surface area contributed by atoms with Crippen molar-refractivity contribution in [2.45, 2.75) is 44.1 Å². The molecule has 1 atom stereocenters. The van der Waals surface area contributed by atoms with Crippen LogP contribution in [0.1, 0.15) is 43.6 Å². The minimum Gasteiger partial charge on any atom is -0.491 e. The number of aliphatic hydroxyl groups is 1. The maximum absolute atomic E-state index is 10.2. The minimum absolute atomic E-state index is 0.370. The Morgan fingerprint density at radius 1 is 1.04 bits per heavy atom. The maximum atomic E-state index is 10.2. The normalized spacial score (nSPS) is 22.4. The van der Waals surface area contributed by atoms with E-state index in [0.717, 1.165) is 37.8 Å². The van der Waals surface area contributed by atoms with E-state index in [2.05, 4.69) is 41.1 Å². The molecule has 0 bridgehead atoms. The number of nitrogens with zero attached hydrogens (tertiary/aromatic N) is 2. The van der Waals surface area contributed by atoms with Crippen molar-refractivity contribution in [1.82, 2.24) is 9.80 Å². The van der Waals surface area contributed by atoms with Crippen LogP contribution >= 0.6 is 0 Å². The van der Waals surface area contributed by atoms with Crippen LogP contribution in [0, 0.1) is 0 Å². The summed E-state index contributed by atoms with van der Waals surface area (Å²) in [5, 5.41) is 10.2. The fourth-order valence-electron chi connectivity index (χ4n) is 3.85. The van der Waals surface area contributed by atoms with Gasteiger partial charge >= 0.3 is 0 Å². The van der Waals surface area contributed by atoms with Crippen LogP contribution in [0.5, 0.6) is 5.75 Å². The largest absolute Gasteiger partial charge is 0.491 e. The topological polar surface area (TPSA) is 35.9 Å². The third kappa shape index (κ3) is 5.20. The first-order chi connectivity index (χ1) is 11.7. The van der Waals surface area contributed by atoms with E-state index in [1.54, 1.807) is 0 Å². The van der Waals surface area contributed by atoms with E-state index in [4.69, 9.17) is 4.74 Å². The van der Waals surface area contributed by atoms with Gasteiger partial charge in [-0.25, -0.2) is 0 Å². The molecule has 1 saturated carbocycles. The van der Waals surface area contributed by atoms with Crippen molar-refractivity contribution in [2.75, 3.05) is 46.4 Å². The Kier molecular flexibility index (Phi) is 6.52. The van der Waals surface area contributed by atoms with Crippen molar-refractivity contribution in [3.05, 3.63) is 29.8 Å². The van der Waals surface area contributed by atoms with Gasteiger partial charge in [-0.1, -0.05) is 31.4 Å². The quantitative estimate of drug-likeness (QED) is 0.869. The number of likely N-dealkylation sites (N-methyl/N-ethyl adjacent to an activating group) is 1. The van der Waals surface area contributed by atoms with Gasteiger partial charge in [0, 0.05) is 32.7 Å². The molecule has 1 saturated heterocycles. The van der Waals surface area contributed by atoms with Crippen molar-refractivity contribution < 1.29 is 9.84 Å². The van der Waals surface area contributed by atoms with Crippen molar-refractivity contribution in [2.24, 2.45) is 0 Å². The molecule has 1 heterocycles. The average molecular weight is 332 g/mol. The molecule has 1 unspecified atom stereocenters. The molecule has 1 aliphatic heterocycles. The van der Waals surface area contributed by atoms with Crippen LogP contribution in [-0.4, -0.2) is 67.4 Å². The third-order valence-electron chi connectivity index (χ3n) is 5.46. The molecule has 134 valence electrons. The Hall–Kier alpha value is -1.10. The Balaban J connectivity index is 1.41. The monoisotopic (exact) mass is 332 g/mol. The van der Waals surface area contributed by atoms with E-state index >= 15 is 0 Å². The molecule has 3 rings (SSSR count). The van der Waals surface area contributed by atoms with Crippen molar-refractivity contribution in [3.63, 3.8) is 0 Å². The lowest BCUT2D eigenvalue weighted by Crippen LogP contribution is -2.47. The second kappa shape index (κ2) is 8.84. The molecule has 0 amide bonds. The molecule has 2 fully saturated rings. The fraction of sp³-hybridized carbons (Fsp3) is 0.700. The molecule has 0 aromatic heterocycles. The van der Waals surface area contributed by atoms with Gasteiger partial charge in [-0.05, 0) is 43.5 Å². The van der Waals surface area contributed by atoms with Crippen LogP contribution < -0.4 is 4.74 Å². The summed E-state index contributed by atoms with van der Waals surface area (Å²) in [6.45, 7) is 5.29. The zero-order valence-electron chi connectivity index (χ0n) is 15.0. The molecule has 0 radical (unpaired) electrons. The first-order valence-electron chi connectivity index (χ1n) is 9.52. The van der Waals surface area contributed by atoms with Crippen molar-refractivity contribution >= 4 is 0 Å². The average Bonchev–Trinajstić information content (AvgIpc) is 2.63. The van der Waals surface area contributed by atoms with Gasteiger partial charge in [0.15, 0.2) is 0 Å². The molecular formula is C20H32N2O2.